The van der Waals surface area contributed by atoms with Gasteiger partial charge in [-0.3, -0.25) is 9.69 Å². The predicted octanol–water partition coefficient (Wildman–Crippen LogP) is 1.52. The van der Waals surface area contributed by atoms with E-state index in [1.54, 1.807) is 7.05 Å². The van der Waals surface area contributed by atoms with Crippen molar-refractivity contribution in [3.8, 4) is 0 Å². The lowest BCUT2D eigenvalue weighted by Crippen LogP contribution is -2.42. The van der Waals surface area contributed by atoms with Gasteiger partial charge < -0.3 is 11.1 Å². The molecule has 1 amide bonds. The van der Waals surface area contributed by atoms with Crippen molar-refractivity contribution in [3.63, 3.8) is 0 Å². The third-order valence-corrected chi connectivity index (χ3v) is 3.38. The Morgan fingerprint density at radius 3 is 2.44 bits per heavy atom. The first kappa shape index (κ1) is 15.1. The summed E-state index contributed by atoms with van der Waals surface area (Å²) < 4.78 is 1.03. The monoisotopic (exact) mass is 313 g/mol. The van der Waals surface area contributed by atoms with Crippen LogP contribution in [-0.4, -0.2) is 37.5 Å². The quantitative estimate of drug-likeness (QED) is 0.866. The molecular weight excluding hydrogens is 294 g/mol. The van der Waals surface area contributed by atoms with Gasteiger partial charge in [-0.2, -0.15) is 0 Å². The number of carbonyl (C=O) groups excluding carboxylic acids is 1. The molecule has 0 saturated heterocycles. The molecule has 100 valence electrons. The molecule has 18 heavy (non-hydrogen) atoms. The molecule has 0 aliphatic carbocycles. The van der Waals surface area contributed by atoms with E-state index in [2.05, 4.69) is 21.2 Å². The van der Waals surface area contributed by atoms with Crippen LogP contribution in [0.25, 0.3) is 0 Å². The molecule has 3 N–H and O–H groups in total. The molecule has 1 aromatic carbocycles. The highest BCUT2D eigenvalue weighted by molar-refractivity contribution is 9.10. The molecule has 0 saturated carbocycles. The average molecular weight is 314 g/mol. The minimum absolute atomic E-state index is 0.0136. The van der Waals surface area contributed by atoms with Gasteiger partial charge >= 0.3 is 0 Å². The Morgan fingerprint density at radius 2 is 2.00 bits per heavy atom. The maximum atomic E-state index is 11.4. The number of benzene rings is 1. The second-order valence-electron chi connectivity index (χ2n) is 4.44. The van der Waals surface area contributed by atoms with E-state index in [4.69, 9.17) is 5.73 Å². The molecular formula is C13H20BrN3O. The molecule has 0 aromatic heterocycles. The fourth-order valence-electron chi connectivity index (χ4n) is 2.02. The van der Waals surface area contributed by atoms with Gasteiger partial charge in [-0.25, -0.2) is 0 Å². The van der Waals surface area contributed by atoms with Crippen molar-refractivity contribution in [1.82, 2.24) is 10.2 Å². The summed E-state index contributed by atoms with van der Waals surface area (Å²) in [4.78, 5) is 13.4. The van der Waals surface area contributed by atoms with E-state index in [0.29, 0.717) is 6.54 Å². The van der Waals surface area contributed by atoms with Gasteiger partial charge in [0.2, 0.25) is 5.91 Å². The summed E-state index contributed by atoms with van der Waals surface area (Å²) >= 11 is 3.41. The molecule has 0 bridgehead atoms. The van der Waals surface area contributed by atoms with E-state index in [9.17, 15) is 4.79 Å². The van der Waals surface area contributed by atoms with Crippen LogP contribution in [0.5, 0.6) is 0 Å². The van der Waals surface area contributed by atoms with Crippen LogP contribution in [-0.2, 0) is 4.79 Å². The molecule has 5 heteroatoms. The van der Waals surface area contributed by atoms with Gasteiger partial charge in [0, 0.05) is 23.6 Å². The second kappa shape index (κ2) is 6.87. The molecule has 0 radical (unpaired) electrons. The second-order valence-corrected chi connectivity index (χ2v) is 5.36. The highest BCUT2D eigenvalue weighted by Gasteiger charge is 2.22. The Kier molecular flexibility index (Phi) is 5.78. The number of carbonyl (C=O) groups is 1. The topological polar surface area (TPSA) is 58.4 Å². The van der Waals surface area contributed by atoms with Crippen LogP contribution in [0.3, 0.4) is 0 Å². The van der Waals surface area contributed by atoms with E-state index in [1.165, 1.54) is 0 Å². The number of likely N-dealkylation sites (N-methyl/N-ethyl adjacent to an activating group) is 2. The number of amides is 1. The molecule has 0 fully saturated rings. The average Bonchev–Trinajstić information content (AvgIpc) is 2.31. The van der Waals surface area contributed by atoms with Gasteiger partial charge in [0.25, 0.3) is 0 Å². The van der Waals surface area contributed by atoms with Crippen molar-refractivity contribution in [2.75, 3.05) is 20.6 Å². The zero-order valence-corrected chi connectivity index (χ0v) is 12.6. The van der Waals surface area contributed by atoms with E-state index in [-0.39, 0.29) is 18.0 Å². The first-order valence-electron chi connectivity index (χ1n) is 5.87. The molecule has 4 nitrogen and oxygen atoms in total. The van der Waals surface area contributed by atoms with Crippen molar-refractivity contribution >= 4 is 21.8 Å². The largest absolute Gasteiger partial charge is 0.358 e. The van der Waals surface area contributed by atoms with Gasteiger partial charge in [0.1, 0.15) is 0 Å². The molecule has 1 rings (SSSR count). The zero-order valence-electron chi connectivity index (χ0n) is 11.0. The standard InChI is InChI=1S/C13H20BrN3O/c1-9(15)13(17(3)8-12(18)16-2)10-4-6-11(14)7-5-10/h4-7,9,13H,8,15H2,1-3H3,(H,16,18). The van der Waals surface area contributed by atoms with Gasteiger partial charge in [-0.15, -0.1) is 0 Å². The van der Waals surface area contributed by atoms with E-state index in [0.717, 1.165) is 10.0 Å². The van der Waals surface area contributed by atoms with Crippen molar-refractivity contribution in [2.45, 2.75) is 19.0 Å². The first-order chi connectivity index (χ1) is 8.45. The van der Waals surface area contributed by atoms with Crippen molar-refractivity contribution in [3.05, 3.63) is 34.3 Å². The van der Waals surface area contributed by atoms with Gasteiger partial charge in [0.15, 0.2) is 0 Å². The maximum absolute atomic E-state index is 11.4. The van der Waals surface area contributed by atoms with Crippen LogP contribution in [0.2, 0.25) is 0 Å². The fraction of sp³-hybridized carbons (Fsp3) is 0.462. The maximum Gasteiger partial charge on any atom is 0.233 e. The number of nitrogens with two attached hydrogens (primary N) is 1. The molecule has 0 aliphatic heterocycles. The van der Waals surface area contributed by atoms with E-state index in [1.807, 2.05) is 43.1 Å². The number of halogens is 1. The molecule has 2 unspecified atom stereocenters. The number of rotatable bonds is 5. The molecule has 0 aliphatic rings. The highest BCUT2D eigenvalue weighted by atomic mass is 79.9. The smallest absolute Gasteiger partial charge is 0.233 e. The van der Waals surface area contributed by atoms with E-state index >= 15 is 0 Å². The number of nitrogens with zero attached hydrogens (tertiary/aromatic N) is 1. The fourth-order valence-corrected chi connectivity index (χ4v) is 2.29. The summed E-state index contributed by atoms with van der Waals surface area (Å²) in [6.45, 7) is 2.28. The first-order valence-corrected chi connectivity index (χ1v) is 6.67. The number of hydrogen-bond acceptors (Lipinski definition) is 3. The predicted molar refractivity (Wildman–Crippen MR) is 77.2 cm³/mol. The molecule has 0 heterocycles. The summed E-state index contributed by atoms with van der Waals surface area (Å²) in [5.74, 6) is -0.0136. The highest BCUT2D eigenvalue weighted by Crippen LogP contribution is 2.23. The van der Waals surface area contributed by atoms with Crippen LogP contribution in [0, 0.1) is 0 Å². The van der Waals surface area contributed by atoms with Gasteiger partial charge in [-0.1, -0.05) is 28.1 Å². The Morgan fingerprint density at radius 1 is 1.44 bits per heavy atom. The lowest BCUT2D eigenvalue weighted by Gasteiger charge is -2.30. The summed E-state index contributed by atoms with van der Waals surface area (Å²) in [6.07, 6.45) is 0. The number of nitrogens with one attached hydrogen (secondary N) is 1. The van der Waals surface area contributed by atoms with Gasteiger partial charge in [-0.05, 0) is 31.7 Å². The minimum atomic E-state index is -0.0548. The van der Waals surface area contributed by atoms with Crippen LogP contribution in [0.4, 0.5) is 0 Å². The van der Waals surface area contributed by atoms with Crippen LogP contribution < -0.4 is 11.1 Å². The summed E-state index contributed by atoms with van der Waals surface area (Å²) in [5, 5.41) is 2.62. The van der Waals surface area contributed by atoms with Crippen molar-refractivity contribution in [1.29, 1.82) is 0 Å². The van der Waals surface area contributed by atoms with Crippen LogP contribution in [0.15, 0.2) is 28.7 Å². The molecule has 0 spiro atoms. The summed E-state index contributed by atoms with van der Waals surface area (Å²) in [7, 11) is 3.54. The lowest BCUT2D eigenvalue weighted by atomic mass is 10.00. The van der Waals surface area contributed by atoms with Crippen LogP contribution in [0.1, 0.15) is 18.5 Å². The minimum Gasteiger partial charge on any atom is -0.358 e. The van der Waals surface area contributed by atoms with Crippen molar-refractivity contribution in [2.24, 2.45) is 5.73 Å². The Hall–Kier alpha value is -0.910. The SMILES string of the molecule is CNC(=O)CN(C)C(c1ccc(Br)cc1)C(C)N. The Labute approximate surface area is 117 Å². The summed E-state index contributed by atoms with van der Waals surface area (Å²) in [5.41, 5.74) is 7.15. The Balaban J connectivity index is 2.88. The third-order valence-electron chi connectivity index (χ3n) is 2.86. The number of hydrogen-bond donors (Lipinski definition) is 2. The normalized spacial score (nSPS) is 14.3. The molecule has 1 aromatic rings. The Bertz CT molecular complexity index is 392. The molecule has 2 atom stereocenters. The third kappa shape index (κ3) is 4.08. The van der Waals surface area contributed by atoms with Gasteiger partial charge in [0.05, 0.1) is 6.54 Å². The summed E-state index contributed by atoms with van der Waals surface area (Å²) in [6, 6.07) is 7.99. The van der Waals surface area contributed by atoms with E-state index < -0.39 is 0 Å². The zero-order chi connectivity index (χ0) is 13.7. The van der Waals surface area contributed by atoms with Crippen molar-refractivity contribution < 1.29 is 4.79 Å². The van der Waals surface area contributed by atoms with Crippen LogP contribution >= 0.6 is 15.9 Å². The lowest BCUT2D eigenvalue weighted by molar-refractivity contribution is -0.122.